The number of anilines is 1. The third kappa shape index (κ3) is 2.79. The van der Waals surface area contributed by atoms with Crippen LogP contribution in [0.25, 0.3) is 0 Å². The maximum atomic E-state index is 5.74. The smallest absolute Gasteiger partial charge is 0.224 e. The Morgan fingerprint density at radius 2 is 2.53 bits per heavy atom. The molecule has 1 aliphatic rings. The van der Waals surface area contributed by atoms with Crippen molar-refractivity contribution in [3.63, 3.8) is 0 Å². The lowest BCUT2D eigenvalue weighted by Gasteiger charge is -2.21. The van der Waals surface area contributed by atoms with Crippen LogP contribution in [-0.2, 0) is 0 Å². The van der Waals surface area contributed by atoms with Crippen molar-refractivity contribution in [2.75, 3.05) is 31.6 Å². The summed E-state index contributed by atoms with van der Waals surface area (Å²) < 4.78 is 0. The van der Waals surface area contributed by atoms with Crippen LogP contribution in [0.4, 0.5) is 5.82 Å². The Kier molecular flexibility index (Phi) is 3.38. The van der Waals surface area contributed by atoms with Crippen molar-refractivity contribution in [2.45, 2.75) is 6.42 Å². The molecule has 0 radical (unpaired) electrons. The second-order valence-electron chi connectivity index (χ2n) is 3.92. The normalized spacial score (nSPS) is 20.5. The molecule has 1 atom stereocenters. The lowest BCUT2D eigenvalue weighted by Crippen LogP contribution is -2.27. The van der Waals surface area contributed by atoms with Crippen LogP contribution in [0.15, 0.2) is 12.3 Å². The van der Waals surface area contributed by atoms with E-state index in [2.05, 4.69) is 20.2 Å². The summed E-state index contributed by atoms with van der Waals surface area (Å²) in [6, 6.07) is 1.88. The van der Waals surface area contributed by atoms with Crippen LogP contribution in [-0.4, -0.2) is 36.6 Å². The van der Waals surface area contributed by atoms with E-state index in [1.165, 1.54) is 6.42 Å². The van der Waals surface area contributed by atoms with E-state index in [-0.39, 0.29) is 0 Å². The Balaban J connectivity index is 1.97. The summed E-state index contributed by atoms with van der Waals surface area (Å²) in [4.78, 5) is 10.2. The van der Waals surface area contributed by atoms with E-state index in [1.807, 2.05) is 13.1 Å². The van der Waals surface area contributed by atoms with Gasteiger partial charge in [-0.25, -0.2) is 9.97 Å². The number of rotatable bonds is 3. The molecule has 1 aromatic heterocycles. The van der Waals surface area contributed by atoms with E-state index in [9.17, 15) is 0 Å². The molecule has 5 heteroatoms. The quantitative estimate of drug-likeness (QED) is 0.786. The number of halogens is 1. The Bertz CT molecular complexity index is 325. The van der Waals surface area contributed by atoms with Gasteiger partial charge in [0.1, 0.15) is 5.82 Å². The molecule has 1 aliphatic heterocycles. The van der Waals surface area contributed by atoms with Crippen LogP contribution in [0, 0.1) is 5.92 Å². The molecule has 0 saturated carbocycles. The zero-order valence-electron chi connectivity index (χ0n) is 8.78. The molecule has 4 nitrogen and oxygen atoms in total. The predicted molar refractivity (Wildman–Crippen MR) is 61.3 cm³/mol. The number of hydrogen-bond acceptors (Lipinski definition) is 4. The number of nitrogens with zero attached hydrogens (tertiary/aromatic N) is 3. The highest BCUT2D eigenvalue weighted by atomic mass is 35.5. The first-order chi connectivity index (χ1) is 7.25. The van der Waals surface area contributed by atoms with Crippen LogP contribution in [0.1, 0.15) is 6.42 Å². The monoisotopic (exact) mass is 226 g/mol. The minimum Gasteiger partial charge on any atom is -0.359 e. The van der Waals surface area contributed by atoms with Crippen LogP contribution < -0.4 is 10.2 Å². The summed E-state index contributed by atoms with van der Waals surface area (Å²) in [6.45, 7) is 3.24. The van der Waals surface area contributed by atoms with Gasteiger partial charge in [-0.3, -0.25) is 0 Å². The summed E-state index contributed by atoms with van der Waals surface area (Å²) in [5, 5.41) is 3.66. The van der Waals surface area contributed by atoms with Gasteiger partial charge in [0.15, 0.2) is 0 Å². The minimum atomic E-state index is 0.309. The number of nitrogens with one attached hydrogen (secondary N) is 1. The molecule has 0 bridgehead atoms. The molecule has 1 fully saturated rings. The van der Waals surface area contributed by atoms with Gasteiger partial charge in [-0.1, -0.05) is 0 Å². The summed E-state index contributed by atoms with van der Waals surface area (Å²) in [5.74, 6) is 1.60. The van der Waals surface area contributed by atoms with Crippen molar-refractivity contribution in [2.24, 2.45) is 5.92 Å². The molecule has 1 N–H and O–H groups in total. The highest BCUT2D eigenvalue weighted by Crippen LogP contribution is 2.15. The predicted octanol–water partition coefficient (Wildman–Crippen LogP) is 1.18. The van der Waals surface area contributed by atoms with Gasteiger partial charge in [0.25, 0.3) is 0 Å². The zero-order valence-corrected chi connectivity index (χ0v) is 9.54. The average Bonchev–Trinajstić information content (AvgIpc) is 2.70. The van der Waals surface area contributed by atoms with Gasteiger partial charge >= 0.3 is 0 Å². The Hall–Kier alpha value is -0.870. The summed E-state index contributed by atoms with van der Waals surface area (Å²) in [7, 11) is 2.04. The molecule has 0 spiro atoms. The standard InChI is InChI=1S/C10H15ClN4/c1-15(7-8-2-4-12-6-8)9-3-5-13-10(11)14-9/h3,5,8,12H,2,4,6-7H2,1H3/t8-/m1/s1. The second-order valence-corrected chi connectivity index (χ2v) is 4.26. The molecule has 2 rings (SSSR count). The molecular weight excluding hydrogens is 212 g/mol. The molecule has 15 heavy (non-hydrogen) atoms. The lowest BCUT2D eigenvalue weighted by molar-refractivity contribution is 0.575. The largest absolute Gasteiger partial charge is 0.359 e. The number of aromatic nitrogens is 2. The van der Waals surface area contributed by atoms with Crippen molar-refractivity contribution < 1.29 is 0 Å². The molecule has 82 valence electrons. The number of hydrogen-bond donors (Lipinski definition) is 1. The van der Waals surface area contributed by atoms with Crippen molar-refractivity contribution in [1.82, 2.24) is 15.3 Å². The zero-order chi connectivity index (χ0) is 10.7. The second kappa shape index (κ2) is 4.77. The fraction of sp³-hybridized carbons (Fsp3) is 0.600. The van der Waals surface area contributed by atoms with E-state index in [0.717, 1.165) is 25.5 Å². The third-order valence-electron chi connectivity index (χ3n) is 2.70. The van der Waals surface area contributed by atoms with Gasteiger partial charge in [-0.2, -0.15) is 0 Å². The van der Waals surface area contributed by atoms with Crippen LogP contribution in [0.5, 0.6) is 0 Å². The molecule has 0 unspecified atom stereocenters. The summed E-state index contributed by atoms with van der Waals surface area (Å²) >= 11 is 5.74. The highest BCUT2D eigenvalue weighted by Gasteiger charge is 2.17. The van der Waals surface area contributed by atoms with E-state index in [0.29, 0.717) is 11.2 Å². The Morgan fingerprint density at radius 1 is 1.67 bits per heavy atom. The van der Waals surface area contributed by atoms with Gasteiger partial charge in [0, 0.05) is 19.8 Å². The first-order valence-electron chi connectivity index (χ1n) is 5.16. The maximum absolute atomic E-state index is 5.74. The first-order valence-corrected chi connectivity index (χ1v) is 5.54. The van der Waals surface area contributed by atoms with Crippen LogP contribution >= 0.6 is 11.6 Å². The van der Waals surface area contributed by atoms with Crippen molar-refractivity contribution in [3.05, 3.63) is 17.5 Å². The lowest BCUT2D eigenvalue weighted by atomic mass is 10.1. The van der Waals surface area contributed by atoms with Crippen LogP contribution in [0.3, 0.4) is 0 Å². The van der Waals surface area contributed by atoms with Gasteiger partial charge in [-0.05, 0) is 43.1 Å². The van der Waals surface area contributed by atoms with E-state index >= 15 is 0 Å². The van der Waals surface area contributed by atoms with Crippen molar-refractivity contribution in [3.8, 4) is 0 Å². The molecule has 1 aromatic rings. The molecule has 1 saturated heterocycles. The fourth-order valence-corrected chi connectivity index (χ4v) is 2.03. The third-order valence-corrected chi connectivity index (χ3v) is 2.88. The molecule has 0 amide bonds. The Labute approximate surface area is 94.7 Å². The van der Waals surface area contributed by atoms with Gasteiger partial charge in [0.2, 0.25) is 5.28 Å². The fourth-order valence-electron chi connectivity index (χ4n) is 1.89. The molecule has 0 aliphatic carbocycles. The van der Waals surface area contributed by atoms with Crippen molar-refractivity contribution >= 4 is 17.4 Å². The maximum Gasteiger partial charge on any atom is 0.224 e. The highest BCUT2D eigenvalue weighted by molar-refractivity contribution is 6.28. The summed E-state index contributed by atoms with van der Waals surface area (Å²) in [5.41, 5.74) is 0. The topological polar surface area (TPSA) is 41.0 Å². The molecule has 2 heterocycles. The van der Waals surface area contributed by atoms with Gasteiger partial charge < -0.3 is 10.2 Å². The van der Waals surface area contributed by atoms with E-state index in [4.69, 9.17) is 11.6 Å². The van der Waals surface area contributed by atoms with E-state index in [1.54, 1.807) is 6.20 Å². The minimum absolute atomic E-state index is 0.309. The van der Waals surface area contributed by atoms with Crippen molar-refractivity contribution in [1.29, 1.82) is 0 Å². The Morgan fingerprint density at radius 3 is 3.20 bits per heavy atom. The van der Waals surface area contributed by atoms with Crippen LogP contribution in [0.2, 0.25) is 5.28 Å². The summed E-state index contributed by atoms with van der Waals surface area (Å²) in [6.07, 6.45) is 2.93. The van der Waals surface area contributed by atoms with Gasteiger partial charge in [-0.15, -0.1) is 0 Å². The SMILES string of the molecule is CN(C[C@@H]1CCNC1)c1ccnc(Cl)n1. The van der Waals surface area contributed by atoms with E-state index < -0.39 is 0 Å². The van der Waals surface area contributed by atoms with Gasteiger partial charge in [0.05, 0.1) is 0 Å². The molecule has 0 aromatic carbocycles. The molecular formula is C10H15ClN4. The average molecular weight is 227 g/mol. The first kappa shape index (κ1) is 10.6.